The van der Waals surface area contributed by atoms with Crippen molar-refractivity contribution < 1.29 is 14.4 Å². The molecule has 6 nitrogen and oxygen atoms in total. The molecule has 0 radical (unpaired) electrons. The molecule has 0 spiro atoms. The molecule has 2 atom stereocenters. The molecule has 0 aliphatic heterocycles. The van der Waals surface area contributed by atoms with Crippen molar-refractivity contribution in [2.45, 2.75) is 52.6 Å². The van der Waals surface area contributed by atoms with Gasteiger partial charge in [0.05, 0.1) is 6.42 Å². The van der Waals surface area contributed by atoms with Gasteiger partial charge in [0.25, 0.3) is 0 Å². The monoisotopic (exact) mass is 397 g/mol. The topological polar surface area (TPSA) is 87.3 Å². The van der Waals surface area contributed by atoms with E-state index in [1.807, 2.05) is 63.2 Å². The van der Waals surface area contributed by atoms with E-state index in [4.69, 9.17) is 0 Å². The molecule has 2 rings (SSSR count). The highest BCUT2D eigenvalue weighted by molar-refractivity contribution is 5.94. The molecule has 0 aliphatic carbocycles. The molecule has 0 saturated carbocycles. The van der Waals surface area contributed by atoms with Crippen LogP contribution in [0.25, 0.3) is 10.8 Å². The first-order valence-electron chi connectivity index (χ1n) is 10.2. The third-order valence-electron chi connectivity index (χ3n) is 4.80. The molecule has 3 N–H and O–H groups in total. The minimum Gasteiger partial charge on any atom is -0.354 e. The van der Waals surface area contributed by atoms with Gasteiger partial charge in [-0.05, 0) is 35.6 Å². The molecule has 0 saturated heterocycles. The number of amides is 3. The fourth-order valence-corrected chi connectivity index (χ4v) is 3.15. The fraction of sp³-hybridized carbons (Fsp3) is 0.435. The summed E-state index contributed by atoms with van der Waals surface area (Å²) in [6.45, 7) is 7.89. The van der Waals surface area contributed by atoms with Crippen LogP contribution in [0, 0.1) is 5.92 Å². The molecule has 0 unspecified atom stereocenters. The standard InChI is InChI=1S/C23H31N3O3/c1-5-13-24-22(28)16(4)25-23(29)21(15(2)3)26-20(27)14-18-11-8-10-17-9-6-7-12-19(17)18/h6-12,15-16,21H,5,13-14H2,1-4H3,(H,24,28)(H,25,29)(H,26,27)/t16-,21-/m0/s1. The van der Waals surface area contributed by atoms with Crippen molar-refractivity contribution in [3.8, 4) is 0 Å². The summed E-state index contributed by atoms with van der Waals surface area (Å²) in [5.74, 6) is -0.925. The molecule has 0 aliphatic rings. The van der Waals surface area contributed by atoms with Crippen molar-refractivity contribution >= 4 is 28.5 Å². The second-order valence-electron chi connectivity index (χ2n) is 7.63. The molecular weight excluding hydrogens is 366 g/mol. The van der Waals surface area contributed by atoms with Gasteiger partial charge in [-0.2, -0.15) is 0 Å². The van der Waals surface area contributed by atoms with Crippen LogP contribution in [0.1, 0.15) is 39.7 Å². The average molecular weight is 398 g/mol. The van der Waals surface area contributed by atoms with Gasteiger partial charge in [0, 0.05) is 6.54 Å². The Morgan fingerprint density at radius 3 is 2.28 bits per heavy atom. The highest BCUT2D eigenvalue weighted by Crippen LogP contribution is 2.19. The van der Waals surface area contributed by atoms with Gasteiger partial charge in [-0.25, -0.2) is 0 Å². The zero-order valence-electron chi connectivity index (χ0n) is 17.6. The molecule has 6 heteroatoms. The lowest BCUT2D eigenvalue weighted by atomic mass is 10.00. The van der Waals surface area contributed by atoms with E-state index in [2.05, 4.69) is 16.0 Å². The number of carbonyl (C=O) groups excluding carboxylic acids is 3. The molecule has 0 aromatic heterocycles. The van der Waals surface area contributed by atoms with Crippen LogP contribution in [0.5, 0.6) is 0 Å². The van der Waals surface area contributed by atoms with Crippen molar-refractivity contribution in [1.29, 1.82) is 0 Å². The predicted octanol–water partition coefficient (Wildman–Crippen LogP) is 2.55. The molecule has 0 bridgehead atoms. The number of hydrogen-bond acceptors (Lipinski definition) is 3. The quantitative estimate of drug-likeness (QED) is 0.608. The Hall–Kier alpha value is -2.89. The maximum atomic E-state index is 12.7. The van der Waals surface area contributed by atoms with Gasteiger partial charge >= 0.3 is 0 Å². The number of rotatable bonds is 9. The van der Waals surface area contributed by atoms with Gasteiger partial charge in [-0.15, -0.1) is 0 Å². The molecule has 2 aromatic rings. The van der Waals surface area contributed by atoms with Crippen molar-refractivity contribution in [3.63, 3.8) is 0 Å². The molecular formula is C23H31N3O3. The van der Waals surface area contributed by atoms with Crippen LogP contribution in [0.15, 0.2) is 42.5 Å². The Kier molecular flexibility index (Phi) is 8.19. The number of nitrogens with one attached hydrogen (secondary N) is 3. The van der Waals surface area contributed by atoms with Crippen LogP contribution in [-0.2, 0) is 20.8 Å². The molecule has 0 heterocycles. The summed E-state index contributed by atoms with van der Waals surface area (Å²) >= 11 is 0. The Labute approximate surface area is 172 Å². The van der Waals surface area contributed by atoms with Crippen molar-refractivity contribution in [1.82, 2.24) is 16.0 Å². The van der Waals surface area contributed by atoms with E-state index in [9.17, 15) is 14.4 Å². The fourth-order valence-electron chi connectivity index (χ4n) is 3.15. The minimum absolute atomic E-state index is 0.114. The Morgan fingerprint density at radius 1 is 0.897 bits per heavy atom. The molecule has 2 aromatic carbocycles. The molecule has 0 fully saturated rings. The van der Waals surface area contributed by atoms with Crippen LogP contribution in [0.3, 0.4) is 0 Å². The summed E-state index contributed by atoms with van der Waals surface area (Å²) in [5.41, 5.74) is 0.913. The zero-order chi connectivity index (χ0) is 21.4. The van der Waals surface area contributed by atoms with E-state index in [1.165, 1.54) is 0 Å². The van der Waals surface area contributed by atoms with Crippen molar-refractivity contribution in [3.05, 3.63) is 48.0 Å². The normalized spacial score (nSPS) is 13.0. The first-order valence-corrected chi connectivity index (χ1v) is 10.2. The van der Waals surface area contributed by atoms with Crippen LogP contribution in [0.4, 0.5) is 0 Å². The Balaban J connectivity index is 2.02. The summed E-state index contributed by atoms with van der Waals surface area (Å²) in [5, 5.41) is 10.4. The lowest BCUT2D eigenvalue weighted by Gasteiger charge is -2.24. The van der Waals surface area contributed by atoms with Gasteiger partial charge in [0.15, 0.2) is 0 Å². The van der Waals surface area contributed by atoms with Crippen LogP contribution < -0.4 is 16.0 Å². The van der Waals surface area contributed by atoms with Crippen LogP contribution in [0.2, 0.25) is 0 Å². The highest BCUT2D eigenvalue weighted by Gasteiger charge is 2.27. The number of benzene rings is 2. The van der Waals surface area contributed by atoms with Crippen molar-refractivity contribution in [2.75, 3.05) is 6.54 Å². The lowest BCUT2D eigenvalue weighted by Crippen LogP contribution is -2.54. The molecule has 29 heavy (non-hydrogen) atoms. The summed E-state index contributed by atoms with van der Waals surface area (Å²) in [4.78, 5) is 37.3. The average Bonchev–Trinajstić information content (AvgIpc) is 2.70. The maximum absolute atomic E-state index is 12.7. The van der Waals surface area contributed by atoms with Gasteiger partial charge in [0.2, 0.25) is 17.7 Å². The SMILES string of the molecule is CCCNC(=O)[C@H](C)NC(=O)[C@@H](NC(=O)Cc1cccc2ccccc12)C(C)C. The van der Waals surface area contributed by atoms with Crippen molar-refractivity contribution in [2.24, 2.45) is 5.92 Å². The van der Waals surface area contributed by atoms with Crippen LogP contribution in [-0.4, -0.2) is 36.3 Å². The number of hydrogen-bond donors (Lipinski definition) is 3. The summed E-state index contributed by atoms with van der Waals surface area (Å²) < 4.78 is 0. The third-order valence-corrected chi connectivity index (χ3v) is 4.80. The maximum Gasteiger partial charge on any atom is 0.243 e. The smallest absolute Gasteiger partial charge is 0.243 e. The van der Waals surface area contributed by atoms with E-state index in [0.717, 1.165) is 22.8 Å². The van der Waals surface area contributed by atoms with Gasteiger partial charge < -0.3 is 16.0 Å². The van der Waals surface area contributed by atoms with Crippen LogP contribution >= 0.6 is 0 Å². The molecule has 156 valence electrons. The predicted molar refractivity (Wildman–Crippen MR) is 115 cm³/mol. The summed E-state index contributed by atoms with van der Waals surface area (Å²) in [7, 11) is 0. The van der Waals surface area contributed by atoms with E-state index < -0.39 is 12.1 Å². The number of fused-ring (bicyclic) bond motifs is 1. The van der Waals surface area contributed by atoms with E-state index in [0.29, 0.717) is 6.54 Å². The highest BCUT2D eigenvalue weighted by atomic mass is 16.2. The molecule has 3 amide bonds. The minimum atomic E-state index is -0.709. The zero-order valence-corrected chi connectivity index (χ0v) is 17.6. The number of carbonyl (C=O) groups is 3. The van der Waals surface area contributed by atoms with E-state index in [-0.39, 0.29) is 30.1 Å². The first-order chi connectivity index (χ1) is 13.8. The van der Waals surface area contributed by atoms with E-state index in [1.54, 1.807) is 6.92 Å². The summed E-state index contributed by atoms with van der Waals surface area (Å²) in [6, 6.07) is 12.4. The van der Waals surface area contributed by atoms with Gasteiger partial charge in [-0.3, -0.25) is 14.4 Å². The first kappa shape index (κ1) is 22.4. The Morgan fingerprint density at radius 2 is 1.59 bits per heavy atom. The lowest BCUT2D eigenvalue weighted by molar-refractivity contribution is -0.132. The van der Waals surface area contributed by atoms with E-state index >= 15 is 0 Å². The van der Waals surface area contributed by atoms with Gasteiger partial charge in [-0.1, -0.05) is 63.2 Å². The summed E-state index contributed by atoms with van der Waals surface area (Å²) in [6.07, 6.45) is 1.01. The van der Waals surface area contributed by atoms with Gasteiger partial charge in [0.1, 0.15) is 12.1 Å². The third kappa shape index (κ3) is 6.31. The largest absolute Gasteiger partial charge is 0.354 e. The Bertz CT molecular complexity index is 858. The second-order valence-corrected chi connectivity index (χ2v) is 7.63. The second kappa shape index (κ2) is 10.6.